The normalized spacial score (nSPS) is 11.9. The summed E-state index contributed by atoms with van der Waals surface area (Å²) in [6, 6.07) is 11.4. The molecule has 0 fully saturated rings. The summed E-state index contributed by atoms with van der Waals surface area (Å²) in [6.07, 6.45) is 0. The van der Waals surface area contributed by atoms with Gasteiger partial charge >= 0.3 is 0 Å². The van der Waals surface area contributed by atoms with Crippen LogP contribution in [0.1, 0.15) is 17.3 Å². The fraction of sp³-hybridized carbons (Fsp3) is 0.222. The van der Waals surface area contributed by atoms with Gasteiger partial charge in [0.25, 0.3) is 11.6 Å². The van der Waals surface area contributed by atoms with Gasteiger partial charge in [-0.3, -0.25) is 14.9 Å². The number of amides is 1. The first kappa shape index (κ1) is 19.4. The average molecular weight is 450 g/mol. The maximum Gasteiger partial charge on any atom is 0.279 e. The number of aromatic nitrogens is 1. The van der Waals surface area contributed by atoms with Crippen molar-refractivity contribution in [2.75, 3.05) is 13.2 Å². The van der Waals surface area contributed by atoms with E-state index in [0.717, 1.165) is 14.7 Å². The molecule has 0 saturated heterocycles. The zero-order valence-corrected chi connectivity index (χ0v) is 16.8. The molecule has 0 unspecified atom stereocenters. The first-order valence-electron chi connectivity index (χ1n) is 8.19. The number of nitro groups is 1. The van der Waals surface area contributed by atoms with Crippen LogP contribution in [0, 0.1) is 10.1 Å². The summed E-state index contributed by atoms with van der Waals surface area (Å²) < 4.78 is 9.28. The molecule has 0 saturated carbocycles. The highest BCUT2D eigenvalue weighted by Crippen LogP contribution is 2.22. The Hall–Kier alpha value is -2.36. The smallest absolute Gasteiger partial charge is 0.279 e. The zero-order valence-electron chi connectivity index (χ0n) is 14.4. The molecule has 3 aromatic rings. The maximum atomic E-state index is 12.6. The number of rotatable bonds is 6. The van der Waals surface area contributed by atoms with Crippen molar-refractivity contribution in [3.8, 4) is 0 Å². The number of thiazole rings is 1. The van der Waals surface area contributed by atoms with Gasteiger partial charge in [0.1, 0.15) is 0 Å². The van der Waals surface area contributed by atoms with Crippen LogP contribution in [0.4, 0.5) is 5.69 Å². The van der Waals surface area contributed by atoms with Gasteiger partial charge < -0.3 is 9.30 Å². The second kappa shape index (κ2) is 8.55. The molecule has 0 atom stereocenters. The van der Waals surface area contributed by atoms with Crippen LogP contribution in [-0.2, 0) is 11.3 Å². The van der Waals surface area contributed by atoms with Crippen molar-refractivity contribution in [3.63, 3.8) is 0 Å². The minimum atomic E-state index is -0.532. The Labute approximate surface area is 167 Å². The summed E-state index contributed by atoms with van der Waals surface area (Å²) in [5.74, 6) is -0.519. The van der Waals surface area contributed by atoms with Gasteiger partial charge in [-0.1, -0.05) is 33.3 Å². The van der Waals surface area contributed by atoms with E-state index >= 15 is 0 Å². The molecule has 3 rings (SSSR count). The van der Waals surface area contributed by atoms with Crippen molar-refractivity contribution in [1.29, 1.82) is 0 Å². The number of non-ortho nitro benzene ring substituents is 1. The van der Waals surface area contributed by atoms with Crippen molar-refractivity contribution < 1.29 is 14.5 Å². The highest BCUT2D eigenvalue weighted by atomic mass is 79.9. The van der Waals surface area contributed by atoms with Crippen LogP contribution < -0.4 is 4.80 Å². The minimum Gasteiger partial charge on any atom is -0.380 e. The fourth-order valence-electron chi connectivity index (χ4n) is 2.55. The summed E-state index contributed by atoms with van der Waals surface area (Å²) in [5, 5.41) is 10.9. The third-order valence-electron chi connectivity index (χ3n) is 3.81. The highest BCUT2D eigenvalue weighted by molar-refractivity contribution is 9.10. The molecule has 0 aliphatic carbocycles. The van der Waals surface area contributed by atoms with E-state index in [-0.39, 0.29) is 11.3 Å². The third-order valence-corrected chi connectivity index (χ3v) is 5.34. The number of nitro benzene ring substituents is 1. The van der Waals surface area contributed by atoms with Crippen LogP contribution in [0.25, 0.3) is 10.2 Å². The lowest BCUT2D eigenvalue weighted by atomic mass is 10.2. The van der Waals surface area contributed by atoms with Crippen molar-refractivity contribution in [3.05, 3.63) is 67.4 Å². The van der Waals surface area contributed by atoms with Crippen LogP contribution in [0.3, 0.4) is 0 Å². The number of carbonyl (C=O) groups excluding carboxylic acids is 1. The molecule has 0 bridgehead atoms. The monoisotopic (exact) mass is 449 g/mol. The van der Waals surface area contributed by atoms with Crippen LogP contribution in [0.2, 0.25) is 0 Å². The number of benzene rings is 2. The number of halogens is 1. The molecule has 2 aromatic carbocycles. The molecular weight excluding hydrogens is 434 g/mol. The summed E-state index contributed by atoms with van der Waals surface area (Å²) in [7, 11) is 0. The van der Waals surface area contributed by atoms with E-state index in [9.17, 15) is 14.9 Å². The molecule has 0 spiro atoms. The van der Waals surface area contributed by atoms with E-state index in [2.05, 4.69) is 20.9 Å². The molecule has 27 heavy (non-hydrogen) atoms. The molecule has 0 N–H and O–H groups in total. The number of fused-ring (bicyclic) bond motifs is 1. The van der Waals surface area contributed by atoms with Crippen molar-refractivity contribution in [2.24, 2.45) is 4.99 Å². The van der Waals surface area contributed by atoms with Gasteiger partial charge in [0.05, 0.1) is 21.7 Å². The van der Waals surface area contributed by atoms with Gasteiger partial charge in [-0.05, 0) is 31.2 Å². The number of ether oxygens (including phenoxy) is 1. The summed E-state index contributed by atoms with van der Waals surface area (Å²) >= 11 is 4.84. The molecule has 0 aliphatic rings. The highest BCUT2D eigenvalue weighted by Gasteiger charge is 2.13. The summed E-state index contributed by atoms with van der Waals surface area (Å²) in [4.78, 5) is 27.7. The number of hydrogen-bond donors (Lipinski definition) is 0. The maximum absolute atomic E-state index is 12.6. The van der Waals surface area contributed by atoms with E-state index in [0.29, 0.717) is 24.6 Å². The van der Waals surface area contributed by atoms with E-state index in [1.165, 1.54) is 35.6 Å². The molecular formula is C18H16BrN3O4S. The molecule has 1 heterocycles. The quantitative estimate of drug-likeness (QED) is 0.321. The zero-order chi connectivity index (χ0) is 19.4. The van der Waals surface area contributed by atoms with Crippen LogP contribution >= 0.6 is 27.3 Å². The number of nitrogens with zero attached hydrogens (tertiary/aromatic N) is 3. The molecule has 9 heteroatoms. The fourth-order valence-corrected chi connectivity index (χ4v) is 4.16. The third kappa shape index (κ3) is 4.49. The molecule has 140 valence electrons. The largest absolute Gasteiger partial charge is 0.380 e. The van der Waals surface area contributed by atoms with Gasteiger partial charge in [-0.15, -0.1) is 0 Å². The number of hydrogen-bond acceptors (Lipinski definition) is 5. The predicted molar refractivity (Wildman–Crippen MR) is 107 cm³/mol. The SMILES string of the molecule is CCOCCn1c(=NC(=O)c2cccc([N+](=O)[O-])c2)sc2cc(Br)ccc21. The minimum absolute atomic E-state index is 0.138. The Morgan fingerprint density at radius 1 is 1.33 bits per heavy atom. The predicted octanol–water partition coefficient (Wildman–Crippen LogP) is 4.15. The Bertz CT molecular complexity index is 1070. The van der Waals surface area contributed by atoms with Crippen LogP contribution in [0.15, 0.2) is 51.9 Å². The second-order valence-corrected chi connectivity index (χ2v) is 7.49. The molecule has 1 aromatic heterocycles. The van der Waals surface area contributed by atoms with Gasteiger partial charge in [0, 0.05) is 35.3 Å². The Kier molecular flexibility index (Phi) is 6.15. The van der Waals surface area contributed by atoms with Crippen molar-refractivity contribution >= 4 is 49.1 Å². The van der Waals surface area contributed by atoms with E-state index < -0.39 is 10.8 Å². The lowest BCUT2D eigenvalue weighted by molar-refractivity contribution is -0.384. The van der Waals surface area contributed by atoms with Crippen molar-refractivity contribution in [2.45, 2.75) is 13.5 Å². The van der Waals surface area contributed by atoms with Gasteiger partial charge in [0.15, 0.2) is 4.80 Å². The first-order valence-corrected chi connectivity index (χ1v) is 9.80. The van der Waals surface area contributed by atoms with Gasteiger partial charge in [0.2, 0.25) is 0 Å². The van der Waals surface area contributed by atoms with Crippen molar-refractivity contribution in [1.82, 2.24) is 4.57 Å². The van der Waals surface area contributed by atoms with Gasteiger partial charge in [-0.2, -0.15) is 4.99 Å². The van der Waals surface area contributed by atoms with Crippen LogP contribution in [0.5, 0.6) is 0 Å². The first-order chi connectivity index (χ1) is 13.0. The molecule has 7 nitrogen and oxygen atoms in total. The van der Waals surface area contributed by atoms with Crippen LogP contribution in [-0.4, -0.2) is 28.6 Å². The topological polar surface area (TPSA) is 86.7 Å². The molecule has 0 radical (unpaired) electrons. The van der Waals surface area contributed by atoms with E-state index in [1.54, 1.807) is 0 Å². The van der Waals surface area contributed by atoms with E-state index in [4.69, 9.17) is 4.74 Å². The van der Waals surface area contributed by atoms with E-state index in [1.807, 2.05) is 29.7 Å². The van der Waals surface area contributed by atoms with Gasteiger partial charge in [-0.25, -0.2) is 0 Å². The molecule has 0 aliphatic heterocycles. The average Bonchev–Trinajstić information content (AvgIpc) is 2.98. The standard InChI is InChI=1S/C18H16BrN3O4S/c1-2-26-9-8-21-15-7-6-13(19)11-16(15)27-18(21)20-17(23)12-4-3-5-14(10-12)22(24)25/h3-7,10-11H,2,8-9H2,1H3. The Morgan fingerprint density at radius 2 is 2.15 bits per heavy atom. The molecule has 1 amide bonds. The number of carbonyl (C=O) groups is 1. The second-order valence-electron chi connectivity index (χ2n) is 5.57. The Balaban J connectivity index is 2.05. The lowest BCUT2D eigenvalue weighted by Crippen LogP contribution is -2.19. The Morgan fingerprint density at radius 3 is 2.89 bits per heavy atom. The summed E-state index contributed by atoms with van der Waals surface area (Å²) in [5.41, 5.74) is 0.994. The lowest BCUT2D eigenvalue weighted by Gasteiger charge is -2.05. The summed E-state index contributed by atoms with van der Waals surface area (Å²) in [6.45, 7) is 3.57.